The molecule has 1 aliphatic carbocycles. The molecule has 1 saturated heterocycles. The first-order valence-electron chi connectivity index (χ1n) is 5.55. The largest absolute Gasteiger partial charge is 0.341 e. The lowest BCUT2D eigenvalue weighted by atomic mass is 10.4. The molecule has 5 nitrogen and oxygen atoms in total. The number of nitrogens with zero attached hydrogens (tertiary/aromatic N) is 4. The summed E-state index contributed by atoms with van der Waals surface area (Å²) in [5, 5.41) is 4.23. The van der Waals surface area contributed by atoms with Gasteiger partial charge in [0.2, 0.25) is 11.8 Å². The van der Waals surface area contributed by atoms with Crippen molar-refractivity contribution in [1.82, 2.24) is 14.8 Å². The van der Waals surface area contributed by atoms with Crippen LogP contribution < -0.4 is 4.90 Å². The Kier molecular flexibility index (Phi) is 1.97. The molecular weight excluding hydrogens is 192 g/mol. The van der Waals surface area contributed by atoms with E-state index in [1.807, 2.05) is 4.68 Å². The summed E-state index contributed by atoms with van der Waals surface area (Å²) in [6, 6.07) is 0.488. The molecule has 15 heavy (non-hydrogen) atoms. The number of rotatable bonds is 3. The Morgan fingerprint density at radius 1 is 1.27 bits per heavy atom. The minimum absolute atomic E-state index is 0.323. The highest BCUT2D eigenvalue weighted by atomic mass is 16.1. The first-order chi connectivity index (χ1) is 7.38. The monoisotopic (exact) mass is 206 g/mol. The number of hydrogen-bond donors (Lipinski definition) is 0. The van der Waals surface area contributed by atoms with Crippen LogP contribution in [0.2, 0.25) is 0 Å². The highest BCUT2D eigenvalue weighted by Gasteiger charge is 2.30. The van der Waals surface area contributed by atoms with Crippen LogP contribution in [0.25, 0.3) is 0 Å². The van der Waals surface area contributed by atoms with Gasteiger partial charge in [0.15, 0.2) is 6.29 Å². The second-order valence-corrected chi connectivity index (χ2v) is 4.26. The van der Waals surface area contributed by atoms with Gasteiger partial charge in [0.1, 0.15) is 0 Å². The standard InChI is InChI=1S/C10H14N4O/c15-7-9-11-10(13-5-1-2-6-13)14(12-9)8-3-4-8/h7-8H,1-6H2. The third-order valence-electron chi connectivity index (χ3n) is 3.02. The van der Waals surface area contributed by atoms with Crippen LogP contribution in [0.3, 0.4) is 0 Å². The van der Waals surface area contributed by atoms with Crippen LogP contribution in [0.15, 0.2) is 0 Å². The van der Waals surface area contributed by atoms with Crippen molar-refractivity contribution in [3.8, 4) is 0 Å². The number of carbonyl (C=O) groups is 1. The number of aldehydes is 1. The first-order valence-corrected chi connectivity index (χ1v) is 5.55. The quantitative estimate of drug-likeness (QED) is 0.693. The topological polar surface area (TPSA) is 51.0 Å². The van der Waals surface area contributed by atoms with E-state index >= 15 is 0 Å². The second kappa shape index (κ2) is 3.32. The molecule has 0 N–H and O–H groups in total. The van der Waals surface area contributed by atoms with E-state index in [2.05, 4.69) is 15.0 Å². The summed E-state index contributed by atoms with van der Waals surface area (Å²) in [4.78, 5) is 17.2. The second-order valence-electron chi connectivity index (χ2n) is 4.26. The molecule has 0 aromatic carbocycles. The fourth-order valence-corrected chi connectivity index (χ4v) is 2.08. The molecule has 2 fully saturated rings. The summed E-state index contributed by atoms with van der Waals surface area (Å²) in [6.45, 7) is 2.09. The van der Waals surface area contributed by atoms with E-state index in [1.165, 1.54) is 25.7 Å². The molecule has 0 atom stereocenters. The minimum atomic E-state index is 0.323. The zero-order chi connectivity index (χ0) is 10.3. The van der Waals surface area contributed by atoms with Gasteiger partial charge in [-0.1, -0.05) is 0 Å². The van der Waals surface area contributed by atoms with E-state index in [9.17, 15) is 4.79 Å². The van der Waals surface area contributed by atoms with Gasteiger partial charge in [0.25, 0.3) is 0 Å². The van der Waals surface area contributed by atoms with Crippen LogP contribution in [-0.4, -0.2) is 34.1 Å². The van der Waals surface area contributed by atoms with Gasteiger partial charge < -0.3 is 4.90 Å². The van der Waals surface area contributed by atoms with Crippen molar-refractivity contribution in [2.75, 3.05) is 18.0 Å². The van der Waals surface area contributed by atoms with Gasteiger partial charge in [0.05, 0.1) is 6.04 Å². The molecule has 1 saturated carbocycles. The van der Waals surface area contributed by atoms with Crippen molar-refractivity contribution < 1.29 is 4.79 Å². The van der Waals surface area contributed by atoms with Crippen molar-refractivity contribution in [2.24, 2.45) is 0 Å². The SMILES string of the molecule is O=Cc1nc(N2CCCC2)n(C2CC2)n1. The smallest absolute Gasteiger partial charge is 0.224 e. The highest BCUT2D eigenvalue weighted by molar-refractivity contribution is 5.69. The summed E-state index contributed by atoms with van der Waals surface area (Å²) in [5.74, 6) is 1.22. The van der Waals surface area contributed by atoms with Gasteiger partial charge >= 0.3 is 0 Å². The van der Waals surface area contributed by atoms with Crippen LogP contribution in [-0.2, 0) is 0 Å². The molecular formula is C10H14N4O. The molecule has 0 spiro atoms. The van der Waals surface area contributed by atoms with E-state index in [-0.39, 0.29) is 0 Å². The predicted molar refractivity (Wildman–Crippen MR) is 55.1 cm³/mol. The average molecular weight is 206 g/mol. The van der Waals surface area contributed by atoms with E-state index in [0.29, 0.717) is 11.9 Å². The summed E-state index contributed by atoms with van der Waals surface area (Å²) < 4.78 is 1.94. The number of anilines is 1. The Morgan fingerprint density at radius 3 is 2.60 bits per heavy atom. The summed E-state index contributed by atoms with van der Waals surface area (Å²) >= 11 is 0. The fraction of sp³-hybridized carbons (Fsp3) is 0.700. The maximum Gasteiger partial charge on any atom is 0.224 e. The summed E-state index contributed by atoms with van der Waals surface area (Å²) in [5.41, 5.74) is 0. The van der Waals surface area contributed by atoms with Crippen LogP contribution >= 0.6 is 0 Å². The van der Waals surface area contributed by atoms with Crippen molar-refractivity contribution in [3.05, 3.63) is 5.82 Å². The van der Waals surface area contributed by atoms with E-state index in [4.69, 9.17) is 0 Å². The van der Waals surface area contributed by atoms with Gasteiger partial charge in [-0.2, -0.15) is 4.98 Å². The molecule has 0 amide bonds. The molecule has 80 valence electrons. The van der Waals surface area contributed by atoms with Crippen molar-refractivity contribution in [2.45, 2.75) is 31.7 Å². The zero-order valence-electron chi connectivity index (χ0n) is 8.59. The molecule has 2 heterocycles. The van der Waals surface area contributed by atoms with Gasteiger partial charge in [-0.3, -0.25) is 4.79 Å². The molecule has 1 aromatic rings. The van der Waals surface area contributed by atoms with E-state index in [1.54, 1.807) is 0 Å². The maximum atomic E-state index is 10.7. The van der Waals surface area contributed by atoms with Crippen LogP contribution in [0.4, 0.5) is 5.95 Å². The Bertz CT molecular complexity index is 377. The van der Waals surface area contributed by atoms with Gasteiger partial charge in [-0.05, 0) is 25.7 Å². The fourth-order valence-electron chi connectivity index (χ4n) is 2.08. The maximum absolute atomic E-state index is 10.7. The van der Waals surface area contributed by atoms with Crippen LogP contribution in [0, 0.1) is 0 Å². The number of aromatic nitrogens is 3. The highest BCUT2D eigenvalue weighted by Crippen LogP contribution is 2.37. The summed E-state index contributed by atoms with van der Waals surface area (Å²) in [6.07, 6.45) is 5.51. The lowest BCUT2D eigenvalue weighted by molar-refractivity contribution is 0.111. The van der Waals surface area contributed by atoms with Crippen molar-refractivity contribution in [3.63, 3.8) is 0 Å². The van der Waals surface area contributed by atoms with Gasteiger partial charge in [-0.15, -0.1) is 5.10 Å². The van der Waals surface area contributed by atoms with Crippen LogP contribution in [0.1, 0.15) is 42.3 Å². The lowest BCUT2D eigenvalue weighted by Crippen LogP contribution is -2.22. The van der Waals surface area contributed by atoms with Gasteiger partial charge in [-0.25, -0.2) is 4.68 Å². The molecule has 0 bridgehead atoms. The zero-order valence-corrected chi connectivity index (χ0v) is 8.59. The number of carbonyl (C=O) groups excluding carboxylic acids is 1. The third kappa shape index (κ3) is 1.52. The number of hydrogen-bond acceptors (Lipinski definition) is 4. The first kappa shape index (κ1) is 8.88. The Balaban J connectivity index is 1.95. The molecule has 5 heteroatoms. The Labute approximate surface area is 88.1 Å². The Hall–Kier alpha value is -1.39. The normalized spacial score (nSPS) is 20.9. The molecule has 3 rings (SSSR count). The molecule has 0 radical (unpaired) electrons. The van der Waals surface area contributed by atoms with Gasteiger partial charge in [0, 0.05) is 13.1 Å². The van der Waals surface area contributed by atoms with Crippen LogP contribution in [0.5, 0.6) is 0 Å². The predicted octanol–water partition coefficient (Wildman–Crippen LogP) is 1.03. The third-order valence-corrected chi connectivity index (χ3v) is 3.02. The minimum Gasteiger partial charge on any atom is -0.341 e. The van der Waals surface area contributed by atoms with E-state index in [0.717, 1.165) is 25.3 Å². The lowest BCUT2D eigenvalue weighted by Gasteiger charge is -2.16. The molecule has 1 aliphatic heterocycles. The van der Waals surface area contributed by atoms with Crippen molar-refractivity contribution in [1.29, 1.82) is 0 Å². The summed E-state index contributed by atoms with van der Waals surface area (Å²) in [7, 11) is 0. The average Bonchev–Trinajstić information content (AvgIpc) is 2.83. The van der Waals surface area contributed by atoms with E-state index < -0.39 is 0 Å². The van der Waals surface area contributed by atoms with Crippen molar-refractivity contribution >= 4 is 12.2 Å². The molecule has 0 unspecified atom stereocenters. The Morgan fingerprint density at radius 2 is 2.00 bits per heavy atom. The molecule has 2 aliphatic rings. The molecule has 1 aromatic heterocycles.